The van der Waals surface area contributed by atoms with E-state index in [1.807, 2.05) is 11.8 Å². The number of aryl methyl sites for hydroxylation is 1. The van der Waals surface area contributed by atoms with Gasteiger partial charge in [0.1, 0.15) is 0 Å². The zero-order valence-electron chi connectivity index (χ0n) is 17.5. The smallest absolute Gasteiger partial charge is 0.335 e. The number of benzene rings is 1. The molecule has 2 atom stereocenters. The molecular formula is C22H26F5N3O. The second kappa shape index (κ2) is 9.46. The summed E-state index contributed by atoms with van der Waals surface area (Å²) in [4.78, 5) is 10.7. The maximum absolute atomic E-state index is 13.7. The third-order valence-electron chi connectivity index (χ3n) is 5.63. The fourth-order valence-electron chi connectivity index (χ4n) is 3.70. The summed E-state index contributed by atoms with van der Waals surface area (Å²) in [5.74, 6) is 0.350. The molecule has 0 spiro atoms. The van der Waals surface area contributed by atoms with E-state index in [1.165, 1.54) is 19.1 Å². The third kappa shape index (κ3) is 5.90. The number of hydrogen-bond acceptors (Lipinski definition) is 4. The van der Waals surface area contributed by atoms with Crippen LogP contribution in [0.2, 0.25) is 0 Å². The molecule has 0 bridgehead atoms. The Morgan fingerprint density at radius 3 is 2.35 bits per heavy atom. The third-order valence-corrected chi connectivity index (χ3v) is 5.63. The van der Waals surface area contributed by atoms with Crippen LogP contribution in [0.5, 0.6) is 0 Å². The zero-order valence-corrected chi connectivity index (χ0v) is 17.5. The Bertz CT molecular complexity index is 857. The van der Waals surface area contributed by atoms with Gasteiger partial charge in [0.05, 0.1) is 18.2 Å². The highest BCUT2D eigenvalue weighted by molar-refractivity contribution is 5.37. The van der Waals surface area contributed by atoms with Gasteiger partial charge in [-0.3, -0.25) is 0 Å². The van der Waals surface area contributed by atoms with Crippen LogP contribution in [0.4, 0.5) is 27.9 Å². The fourth-order valence-corrected chi connectivity index (χ4v) is 3.70. The molecule has 0 radical (unpaired) electrons. The number of halogens is 5. The van der Waals surface area contributed by atoms with Crippen LogP contribution in [0.15, 0.2) is 36.5 Å². The van der Waals surface area contributed by atoms with Crippen molar-refractivity contribution in [2.45, 2.75) is 63.8 Å². The first-order valence-corrected chi connectivity index (χ1v) is 10.4. The Labute approximate surface area is 178 Å². The van der Waals surface area contributed by atoms with Crippen molar-refractivity contribution in [2.75, 3.05) is 18.1 Å². The second-order valence-electron chi connectivity index (χ2n) is 7.70. The lowest BCUT2D eigenvalue weighted by molar-refractivity contribution is -0.241. The van der Waals surface area contributed by atoms with E-state index in [9.17, 15) is 22.0 Å². The predicted octanol–water partition coefficient (Wildman–Crippen LogP) is 5.83. The Hall–Kier alpha value is -2.29. The molecule has 0 saturated carbocycles. The van der Waals surface area contributed by atoms with Crippen LogP contribution in [-0.2, 0) is 17.3 Å². The summed E-state index contributed by atoms with van der Waals surface area (Å²) in [7, 11) is 0. The normalized spacial score (nSPS) is 20.2. The van der Waals surface area contributed by atoms with Crippen LogP contribution < -0.4 is 4.90 Å². The summed E-state index contributed by atoms with van der Waals surface area (Å²) in [6, 6.07) is 6.55. The SMILES string of the molecule is CCc1ccnc(N2CC(c3ccc(C(F)(F)F)cc3)CC[C@H]2COC(F)(F)CC)n1. The number of ether oxygens (including phenoxy) is 1. The van der Waals surface area contributed by atoms with Crippen molar-refractivity contribution in [3.05, 3.63) is 53.3 Å². The fraction of sp³-hybridized carbons (Fsp3) is 0.545. The highest BCUT2D eigenvalue weighted by atomic mass is 19.4. The maximum Gasteiger partial charge on any atom is 0.416 e. The van der Waals surface area contributed by atoms with Crippen LogP contribution in [0.3, 0.4) is 0 Å². The molecule has 1 aromatic heterocycles. The number of alkyl halides is 5. The minimum Gasteiger partial charge on any atom is -0.335 e. The molecule has 1 aliphatic heterocycles. The van der Waals surface area contributed by atoms with Crippen LogP contribution in [0, 0.1) is 0 Å². The summed E-state index contributed by atoms with van der Waals surface area (Å²) in [5.41, 5.74) is 0.888. The van der Waals surface area contributed by atoms with E-state index in [2.05, 4.69) is 9.97 Å². The van der Waals surface area contributed by atoms with Crippen molar-refractivity contribution in [2.24, 2.45) is 0 Å². The van der Waals surface area contributed by atoms with E-state index < -0.39 is 24.3 Å². The lowest BCUT2D eigenvalue weighted by Gasteiger charge is -2.40. The standard InChI is InChI=1S/C22H26F5N3O/c1-3-18-11-12-28-20(29-18)30-13-16(7-10-19(30)14-31-21(23,24)4-2)15-5-8-17(9-6-15)22(25,26)27/h5-6,8-9,11-12,16,19H,3-4,7,10,13-14H2,1-2H3/t16?,19-/m0/s1. The van der Waals surface area contributed by atoms with E-state index in [0.717, 1.165) is 23.4 Å². The van der Waals surface area contributed by atoms with Gasteiger partial charge in [0.15, 0.2) is 0 Å². The van der Waals surface area contributed by atoms with Gasteiger partial charge < -0.3 is 9.64 Å². The monoisotopic (exact) mass is 443 g/mol. The Morgan fingerprint density at radius 2 is 1.74 bits per heavy atom. The van der Waals surface area contributed by atoms with Gasteiger partial charge in [-0.1, -0.05) is 26.0 Å². The van der Waals surface area contributed by atoms with Crippen molar-refractivity contribution >= 4 is 5.95 Å². The van der Waals surface area contributed by atoms with E-state index in [4.69, 9.17) is 4.74 Å². The van der Waals surface area contributed by atoms with Gasteiger partial charge in [-0.2, -0.15) is 22.0 Å². The minimum absolute atomic E-state index is 0.0703. The van der Waals surface area contributed by atoms with Gasteiger partial charge in [0.25, 0.3) is 0 Å². The van der Waals surface area contributed by atoms with Crippen molar-refractivity contribution in [3.63, 3.8) is 0 Å². The first-order chi connectivity index (χ1) is 14.6. The summed E-state index contributed by atoms with van der Waals surface area (Å²) < 4.78 is 70.8. The molecule has 4 nitrogen and oxygen atoms in total. The van der Waals surface area contributed by atoms with Gasteiger partial charge in [-0.25, -0.2) is 9.97 Å². The molecule has 1 aliphatic rings. The maximum atomic E-state index is 13.7. The van der Waals surface area contributed by atoms with E-state index in [0.29, 0.717) is 31.8 Å². The van der Waals surface area contributed by atoms with Gasteiger partial charge >= 0.3 is 12.3 Å². The van der Waals surface area contributed by atoms with Gasteiger partial charge in [-0.05, 0) is 43.0 Å². The molecule has 31 heavy (non-hydrogen) atoms. The zero-order chi connectivity index (χ0) is 22.6. The molecule has 2 heterocycles. The van der Waals surface area contributed by atoms with Gasteiger partial charge in [0.2, 0.25) is 5.95 Å². The quantitative estimate of drug-likeness (QED) is 0.505. The van der Waals surface area contributed by atoms with Gasteiger partial charge in [-0.15, -0.1) is 0 Å². The number of nitrogens with zero attached hydrogens (tertiary/aromatic N) is 3. The largest absolute Gasteiger partial charge is 0.416 e. The summed E-state index contributed by atoms with van der Waals surface area (Å²) in [5, 5.41) is 0. The van der Waals surface area contributed by atoms with E-state index >= 15 is 0 Å². The Kier molecular flexibility index (Phi) is 7.13. The molecule has 9 heteroatoms. The first-order valence-electron chi connectivity index (χ1n) is 10.4. The average Bonchev–Trinajstić information content (AvgIpc) is 2.77. The number of piperidine rings is 1. The van der Waals surface area contributed by atoms with Crippen LogP contribution in [0.25, 0.3) is 0 Å². The second-order valence-corrected chi connectivity index (χ2v) is 7.70. The van der Waals surface area contributed by atoms with Crippen molar-refractivity contribution in [1.29, 1.82) is 0 Å². The molecule has 170 valence electrons. The van der Waals surface area contributed by atoms with Crippen molar-refractivity contribution in [3.8, 4) is 0 Å². The molecule has 0 aliphatic carbocycles. The van der Waals surface area contributed by atoms with E-state index in [1.54, 1.807) is 12.3 Å². The summed E-state index contributed by atoms with van der Waals surface area (Å²) in [6.07, 6.45) is -4.52. The molecule has 0 N–H and O–H groups in total. The topological polar surface area (TPSA) is 38.2 Å². The molecule has 1 aromatic carbocycles. The predicted molar refractivity (Wildman–Crippen MR) is 107 cm³/mol. The summed E-state index contributed by atoms with van der Waals surface area (Å²) in [6.45, 7) is 3.54. The number of rotatable bonds is 7. The average molecular weight is 443 g/mol. The molecular weight excluding hydrogens is 417 g/mol. The van der Waals surface area contributed by atoms with Crippen LogP contribution >= 0.6 is 0 Å². The Balaban J connectivity index is 1.82. The lowest BCUT2D eigenvalue weighted by Crippen LogP contribution is -2.47. The summed E-state index contributed by atoms with van der Waals surface area (Å²) >= 11 is 0. The van der Waals surface area contributed by atoms with E-state index in [-0.39, 0.29) is 18.6 Å². The number of hydrogen-bond donors (Lipinski definition) is 0. The van der Waals surface area contributed by atoms with Crippen molar-refractivity contribution in [1.82, 2.24) is 9.97 Å². The minimum atomic E-state index is -4.39. The first kappa shape index (κ1) is 23.4. The lowest BCUT2D eigenvalue weighted by atomic mass is 9.87. The molecule has 1 saturated heterocycles. The van der Waals surface area contributed by atoms with Crippen LogP contribution in [0.1, 0.15) is 55.8 Å². The number of aromatic nitrogens is 2. The highest BCUT2D eigenvalue weighted by Crippen LogP contribution is 2.35. The molecule has 3 rings (SSSR count). The molecule has 1 fully saturated rings. The highest BCUT2D eigenvalue weighted by Gasteiger charge is 2.35. The van der Waals surface area contributed by atoms with Gasteiger partial charge in [0, 0.05) is 30.8 Å². The number of anilines is 1. The van der Waals surface area contributed by atoms with Crippen molar-refractivity contribution < 1.29 is 26.7 Å². The molecule has 1 unspecified atom stereocenters. The van der Waals surface area contributed by atoms with Crippen LogP contribution in [-0.4, -0.2) is 35.3 Å². The molecule has 0 amide bonds. The Morgan fingerprint density at radius 1 is 1.03 bits per heavy atom. The molecule has 2 aromatic rings.